The molecular weight excluding hydrogens is 349 g/mol. The molecule has 0 radical (unpaired) electrons. The van der Waals surface area contributed by atoms with E-state index in [9.17, 15) is 14.0 Å². The van der Waals surface area contributed by atoms with Gasteiger partial charge in [0.15, 0.2) is 6.61 Å². The number of carbonyl (C=O) groups is 2. The van der Waals surface area contributed by atoms with Crippen molar-refractivity contribution in [2.45, 2.75) is 19.6 Å². The van der Waals surface area contributed by atoms with E-state index in [2.05, 4.69) is 5.32 Å². The molecule has 0 fully saturated rings. The van der Waals surface area contributed by atoms with E-state index >= 15 is 0 Å². The average Bonchev–Trinajstić information content (AvgIpc) is 2.60. The summed E-state index contributed by atoms with van der Waals surface area (Å²) in [4.78, 5) is 23.7. The second-order valence-electron chi connectivity index (χ2n) is 5.20. The highest BCUT2D eigenvalue weighted by molar-refractivity contribution is 6.31. The summed E-state index contributed by atoms with van der Waals surface area (Å²) in [6.07, 6.45) is 0. The van der Waals surface area contributed by atoms with Gasteiger partial charge < -0.3 is 14.8 Å². The number of ether oxygens (including phenoxy) is 2. The Morgan fingerprint density at radius 2 is 1.88 bits per heavy atom. The molecule has 0 aliphatic carbocycles. The Morgan fingerprint density at radius 1 is 1.16 bits per heavy atom. The number of hydrogen-bond donors (Lipinski definition) is 1. The van der Waals surface area contributed by atoms with Crippen LogP contribution in [0.3, 0.4) is 0 Å². The molecule has 0 bridgehead atoms. The van der Waals surface area contributed by atoms with Gasteiger partial charge in [-0.15, -0.1) is 0 Å². The molecule has 1 atom stereocenters. The van der Waals surface area contributed by atoms with Crippen molar-refractivity contribution >= 4 is 23.5 Å². The minimum atomic E-state index is -0.905. The Labute approximate surface area is 149 Å². The zero-order valence-corrected chi connectivity index (χ0v) is 14.3. The molecule has 0 aliphatic rings. The lowest BCUT2D eigenvalue weighted by Gasteiger charge is -2.14. The van der Waals surface area contributed by atoms with Crippen LogP contribution in [-0.4, -0.2) is 24.5 Å². The summed E-state index contributed by atoms with van der Waals surface area (Å²) in [5.74, 6) is -1.19. The first-order chi connectivity index (χ1) is 12.0. The summed E-state index contributed by atoms with van der Waals surface area (Å²) >= 11 is 5.86. The number of benzene rings is 2. The Kier molecular flexibility index (Phi) is 6.77. The van der Waals surface area contributed by atoms with Gasteiger partial charge in [-0.1, -0.05) is 35.9 Å². The van der Waals surface area contributed by atoms with E-state index in [-0.39, 0.29) is 23.8 Å². The number of para-hydroxylation sites is 1. The molecule has 5 nitrogen and oxygen atoms in total. The van der Waals surface area contributed by atoms with Crippen LogP contribution >= 0.6 is 11.6 Å². The van der Waals surface area contributed by atoms with Gasteiger partial charge in [-0.2, -0.15) is 0 Å². The first kappa shape index (κ1) is 18.7. The second kappa shape index (κ2) is 9.03. The molecule has 1 N–H and O–H groups in total. The summed E-state index contributed by atoms with van der Waals surface area (Å²) in [7, 11) is 0. The van der Waals surface area contributed by atoms with Crippen LogP contribution in [0.2, 0.25) is 5.02 Å². The van der Waals surface area contributed by atoms with Crippen molar-refractivity contribution in [2.75, 3.05) is 6.61 Å². The highest BCUT2D eigenvalue weighted by Crippen LogP contribution is 2.19. The quantitative estimate of drug-likeness (QED) is 0.766. The van der Waals surface area contributed by atoms with E-state index < -0.39 is 23.7 Å². The predicted molar refractivity (Wildman–Crippen MR) is 90.7 cm³/mol. The minimum absolute atomic E-state index is 0.0865. The molecule has 0 heterocycles. The Bertz CT molecular complexity index is 719. The summed E-state index contributed by atoms with van der Waals surface area (Å²) in [5, 5.41) is 2.62. The lowest BCUT2D eigenvalue weighted by atomic mass is 10.2. The van der Waals surface area contributed by atoms with Crippen molar-refractivity contribution in [2.24, 2.45) is 0 Å². The van der Waals surface area contributed by atoms with Crippen LogP contribution in [0.5, 0.6) is 5.75 Å². The first-order valence-electron chi connectivity index (χ1n) is 7.54. The van der Waals surface area contributed by atoms with Crippen LogP contribution in [0.1, 0.15) is 12.5 Å². The molecule has 132 valence electrons. The van der Waals surface area contributed by atoms with Gasteiger partial charge in [0.2, 0.25) is 0 Å². The smallest absolute Gasteiger partial charge is 0.328 e. The highest BCUT2D eigenvalue weighted by atomic mass is 35.5. The molecular formula is C18H17ClFNO4. The zero-order chi connectivity index (χ0) is 18.2. The van der Waals surface area contributed by atoms with Crippen molar-refractivity contribution < 1.29 is 23.5 Å². The fourth-order valence-electron chi connectivity index (χ4n) is 1.95. The highest BCUT2D eigenvalue weighted by Gasteiger charge is 2.18. The molecule has 0 spiro atoms. The molecule has 1 amide bonds. The first-order valence-corrected chi connectivity index (χ1v) is 7.92. The zero-order valence-electron chi connectivity index (χ0n) is 13.5. The molecule has 2 rings (SSSR count). The van der Waals surface area contributed by atoms with Crippen molar-refractivity contribution in [3.63, 3.8) is 0 Å². The maximum absolute atomic E-state index is 13.6. The van der Waals surface area contributed by atoms with Gasteiger partial charge in [0.25, 0.3) is 5.91 Å². The Hall–Kier alpha value is -2.60. The number of amides is 1. The lowest BCUT2D eigenvalue weighted by Crippen LogP contribution is -2.41. The Morgan fingerprint density at radius 3 is 2.56 bits per heavy atom. The predicted octanol–water partition coefficient (Wildman–Crippen LogP) is 3.11. The topological polar surface area (TPSA) is 64.6 Å². The molecule has 0 aromatic heterocycles. The SMILES string of the molecule is C[C@H](NC(=O)COc1ccccc1)C(=O)OCc1c(F)cccc1Cl. The van der Waals surface area contributed by atoms with Crippen molar-refractivity contribution in [3.8, 4) is 5.75 Å². The van der Waals surface area contributed by atoms with E-state index in [0.29, 0.717) is 5.75 Å². The van der Waals surface area contributed by atoms with Crippen LogP contribution in [0.25, 0.3) is 0 Å². The third kappa shape index (κ3) is 5.76. The van der Waals surface area contributed by atoms with Crippen molar-refractivity contribution in [1.29, 1.82) is 0 Å². The fraction of sp³-hybridized carbons (Fsp3) is 0.222. The fourth-order valence-corrected chi connectivity index (χ4v) is 2.16. The molecule has 0 unspecified atom stereocenters. The van der Waals surface area contributed by atoms with Gasteiger partial charge in [0, 0.05) is 5.56 Å². The van der Waals surface area contributed by atoms with Crippen LogP contribution in [0.4, 0.5) is 4.39 Å². The number of rotatable bonds is 7. The summed E-state index contributed by atoms with van der Waals surface area (Å²) < 4.78 is 23.9. The maximum atomic E-state index is 13.6. The van der Waals surface area contributed by atoms with Gasteiger partial charge in [-0.25, -0.2) is 9.18 Å². The van der Waals surface area contributed by atoms with Gasteiger partial charge in [-0.3, -0.25) is 4.79 Å². The molecule has 7 heteroatoms. The molecule has 25 heavy (non-hydrogen) atoms. The van der Waals surface area contributed by atoms with Gasteiger partial charge in [0.05, 0.1) is 5.02 Å². The molecule has 0 saturated carbocycles. The lowest BCUT2D eigenvalue weighted by molar-refractivity contribution is -0.148. The monoisotopic (exact) mass is 365 g/mol. The van der Waals surface area contributed by atoms with Gasteiger partial charge in [0.1, 0.15) is 24.2 Å². The van der Waals surface area contributed by atoms with Crippen LogP contribution in [0, 0.1) is 5.82 Å². The average molecular weight is 366 g/mol. The summed E-state index contributed by atoms with van der Waals surface area (Å²) in [6.45, 7) is 0.914. The largest absolute Gasteiger partial charge is 0.484 e. The standard InChI is InChI=1S/C18H17ClFNO4/c1-12(21-17(22)11-24-13-6-3-2-4-7-13)18(23)25-10-14-15(19)8-5-9-16(14)20/h2-9,12H,10-11H2,1H3,(H,21,22)/t12-/m0/s1. The summed E-state index contributed by atoms with van der Waals surface area (Å²) in [5.41, 5.74) is 0.0865. The number of carbonyl (C=O) groups excluding carboxylic acids is 2. The van der Waals surface area contributed by atoms with E-state index in [1.165, 1.54) is 25.1 Å². The van der Waals surface area contributed by atoms with Crippen LogP contribution in [-0.2, 0) is 20.9 Å². The van der Waals surface area contributed by atoms with Gasteiger partial charge in [-0.05, 0) is 31.2 Å². The van der Waals surface area contributed by atoms with E-state index in [1.807, 2.05) is 6.07 Å². The summed E-state index contributed by atoms with van der Waals surface area (Å²) in [6, 6.07) is 12.1. The second-order valence-corrected chi connectivity index (χ2v) is 5.61. The van der Waals surface area contributed by atoms with Crippen LogP contribution in [0.15, 0.2) is 48.5 Å². The number of hydrogen-bond acceptors (Lipinski definition) is 4. The van der Waals surface area contributed by atoms with Crippen molar-refractivity contribution in [1.82, 2.24) is 5.32 Å². The maximum Gasteiger partial charge on any atom is 0.328 e. The normalized spacial score (nSPS) is 11.5. The van der Waals surface area contributed by atoms with Crippen molar-refractivity contribution in [3.05, 3.63) is 64.9 Å². The third-order valence-electron chi connectivity index (χ3n) is 3.26. The van der Waals surface area contributed by atoms with Crippen LogP contribution < -0.4 is 10.1 Å². The minimum Gasteiger partial charge on any atom is -0.484 e. The van der Waals surface area contributed by atoms with E-state index in [1.54, 1.807) is 24.3 Å². The number of esters is 1. The number of nitrogens with one attached hydrogen (secondary N) is 1. The molecule has 2 aromatic carbocycles. The van der Waals surface area contributed by atoms with E-state index in [4.69, 9.17) is 21.1 Å². The number of halogens is 2. The van der Waals surface area contributed by atoms with Gasteiger partial charge >= 0.3 is 5.97 Å². The molecule has 0 aliphatic heterocycles. The molecule has 0 saturated heterocycles. The third-order valence-corrected chi connectivity index (χ3v) is 3.62. The van der Waals surface area contributed by atoms with E-state index in [0.717, 1.165) is 0 Å². The Balaban J connectivity index is 1.78. The molecule has 2 aromatic rings.